The van der Waals surface area contributed by atoms with E-state index < -0.39 is 0 Å². The van der Waals surface area contributed by atoms with Crippen LogP contribution in [0.4, 0.5) is 0 Å². The smallest absolute Gasteiger partial charge is 0.251 e. The van der Waals surface area contributed by atoms with Gasteiger partial charge in [0, 0.05) is 18.0 Å². The molecule has 0 heterocycles. The molecule has 1 atom stereocenters. The molecule has 0 aliphatic rings. The number of aromatic hydroxyl groups is 1. The summed E-state index contributed by atoms with van der Waals surface area (Å²) in [5, 5.41) is 12.8. The number of methoxy groups -OCH3 is 1. The van der Waals surface area contributed by atoms with E-state index in [1.807, 2.05) is 0 Å². The van der Waals surface area contributed by atoms with Gasteiger partial charge in [0.25, 0.3) is 5.91 Å². The summed E-state index contributed by atoms with van der Waals surface area (Å²) >= 11 is 3.31. The van der Waals surface area contributed by atoms with E-state index in [1.165, 1.54) is 6.07 Å². The number of alkyl halides is 1. The van der Waals surface area contributed by atoms with Gasteiger partial charge in [0.2, 0.25) is 0 Å². The van der Waals surface area contributed by atoms with Gasteiger partial charge in [-0.25, -0.2) is 0 Å². The Hall–Kier alpha value is -1.07. The molecule has 0 spiro atoms. The first-order valence-electron chi connectivity index (χ1n) is 5.24. The summed E-state index contributed by atoms with van der Waals surface area (Å²) in [5.74, 6) is 0.0186. The van der Waals surface area contributed by atoms with Gasteiger partial charge in [-0.05, 0) is 30.7 Å². The van der Waals surface area contributed by atoms with Gasteiger partial charge in [0.1, 0.15) is 5.75 Å². The maximum absolute atomic E-state index is 11.9. The largest absolute Gasteiger partial charge is 0.508 e. The van der Waals surface area contributed by atoms with Gasteiger partial charge in [-0.15, -0.1) is 0 Å². The maximum Gasteiger partial charge on any atom is 0.251 e. The Morgan fingerprint density at radius 3 is 2.82 bits per heavy atom. The van der Waals surface area contributed by atoms with Crippen LogP contribution in [0.1, 0.15) is 15.9 Å². The number of rotatable bonds is 5. The molecule has 1 aromatic rings. The van der Waals surface area contributed by atoms with Crippen molar-refractivity contribution in [2.24, 2.45) is 0 Å². The Bertz CT molecular complexity index is 395. The standard InChI is InChI=1S/C12H16BrNO3/c1-8-5-9(3-4-11(8)15)12(16)14-10(6-13)7-17-2/h3-5,10,15H,6-7H2,1-2H3,(H,14,16). The number of ether oxygens (including phenoxy) is 1. The van der Waals surface area contributed by atoms with E-state index in [4.69, 9.17) is 4.74 Å². The van der Waals surface area contributed by atoms with E-state index in [2.05, 4.69) is 21.2 Å². The molecular formula is C12H16BrNO3. The Kier molecular flexibility index (Phi) is 5.44. The zero-order valence-corrected chi connectivity index (χ0v) is 11.5. The molecule has 0 saturated carbocycles. The number of amides is 1. The molecule has 1 amide bonds. The van der Waals surface area contributed by atoms with Crippen LogP contribution < -0.4 is 5.32 Å². The average molecular weight is 302 g/mol. The lowest BCUT2D eigenvalue weighted by Gasteiger charge is -2.15. The van der Waals surface area contributed by atoms with Crippen molar-refractivity contribution in [3.8, 4) is 5.75 Å². The van der Waals surface area contributed by atoms with E-state index in [0.717, 1.165) is 0 Å². The molecule has 0 aliphatic heterocycles. The Labute approximate surface area is 109 Å². The number of carbonyl (C=O) groups excluding carboxylic acids is 1. The number of hydrogen-bond donors (Lipinski definition) is 2. The SMILES string of the molecule is COCC(CBr)NC(=O)c1ccc(O)c(C)c1. The molecule has 0 radical (unpaired) electrons. The van der Waals surface area contributed by atoms with Crippen LogP contribution in [0.2, 0.25) is 0 Å². The minimum atomic E-state index is -0.172. The molecule has 0 saturated heterocycles. The molecule has 0 aliphatic carbocycles. The number of phenols is 1. The summed E-state index contributed by atoms with van der Waals surface area (Å²) < 4.78 is 4.99. The number of nitrogens with one attached hydrogen (secondary N) is 1. The molecule has 4 nitrogen and oxygen atoms in total. The summed E-state index contributed by atoms with van der Waals surface area (Å²) in [4.78, 5) is 11.9. The number of hydrogen-bond acceptors (Lipinski definition) is 3. The third-order valence-electron chi connectivity index (χ3n) is 2.35. The number of carbonyl (C=O) groups is 1. The molecule has 0 fully saturated rings. The highest BCUT2D eigenvalue weighted by Gasteiger charge is 2.13. The van der Waals surface area contributed by atoms with Crippen molar-refractivity contribution in [3.63, 3.8) is 0 Å². The molecule has 17 heavy (non-hydrogen) atoms. The fraction of sp³-hybridized carbons (Fsp3) is 0.417. The molecule has 5 heteroatoms. The van der Waals surface area contributed by atoms with Gasteiger partial charge in [-0.2, -0.15) is 0 Å². The van der Waals surface area contributed by atoms with Crippen molar-refractivity contribution in [1.29, 1.82) is 0 Å². The van der Waals surface area contributed by atoms with Crippen LogP contribution in [0.25, 0.3) is 0 Å². The van der Waals surface area contributed by atoms with Crippen molar-refractivity contribution < 1.29 is 14.6 Å². The van der Waals surface area contributed by atoms with Crippen molar-refractivity contribution in [3.05, 3.63) is 29.3 Å². The Morgan fingerprint density at radius 2 is 2.29 bits per heavy atom. The lowest BCUT2D eigenvalue weighted by Crippen LogP contribution is -2.39. The van der Waals surface area contributed by atoms with Crippen molar-refractivity contribution >= 4 is 21.8 Å². The summed E-state index contributed by atoms with van der Waals surface area (Å²) in [6, 6.07) is 4.70. The first-order valence-corrected chi connectivity index (χ1v) is 6.36. The van der Waals surface area contributed by atoms with Gasteiger partial charge in [0.05, 0.1) is 12.6 Å². The fourth-order valence-electron chi connectivity index (χ4n) is 1.39. The van der Waals surface area contributed by atoms with E-state index in [0.29, 0.717) is 23.1 Å². The minimum absolute atomic E-state index is 0.0680. The van der Waals surface area contributed by atoms with Crippen LogP contribution in [0.3, 0.4) is 0 Å². The lowest BCUT2D eigenvalue weighted by molar-refractivity contribution is 0.0908. The fourth-order valence-corrected chi connectivity index (χ4v) is 1.74. The zero-order valence-electron chi connectivity index (χ0n) is 9.87. The highest BCUT2D eigenvalue weighted by atomic mass is 79.9. The molecule has 1 aromatic carbocycles. The first-order chi connectivity index (χ1) is 8.08. The molecular weight excluding hydrogens is 286 g/mol. The van der Waals surface area contributed by atoms with Crippen LogP contribution in [-0.4, -0.2) is 36.1 Å². The topological polar surface area (TPSA) is 58.6 Å². The number of halogens is 1. The molecule has 94 valence electrons. The van der Waals surface area contributed by atoms with Gasteiger partial charge in [-0.3, -0.25) is 4.79 Å². The minimum Gasteiger partial charge on any atom is -0.508 e. The van der Waals surface area contributed by atoms with Crippen LogP contribution >= 0.6 is 15.9 Å². The van der Waals surface area contributed by atoms with Crippen LogP contribution in [0.15, 0.2) is 18.2 Å². The van der Waals surface area contributed by atoms with Crippen molar-refractivity contribution in [2.75, 3.05) is 19.0 Å². The first kappa shape index (κ1) is 14.0. The van der Waals surface area contributed by atoms with Gasteiger partial charge in [0.15, 0.2) is 0 Å². The average Bonchev–Trinajstić information content (AvgIpc) is 2.31. The van der Waals surface area contributed by atoms with Gasteiger partial charge < -0.3 is 15.2 Å². The number of aryl methyl sites for hydroxylation is 1. The predicted octanol–water partition coefficient (Wildman–Crippen LogP) is 1.84. The third kappa shape index (κ3) is 4.02. The van der Waals surface area contributed by atoms with E-state index in [1.54, 1.807) is 26.2 Å². The monoisotopic (exact) mass is 301 g/mol. The normalized spacial score (nSPS) is 12.2. The predicted molar refractivity (Wildman–Crippen MR) is 69.8 cm³/mol. The molecule has 0 aromatic heterocycles. The van der Waals surface area contributed by atoms with Crippen LogP contribution in [-0.2, 0) is 4.74 Å². The van der Waals surface area contributed by atoms with Gasteiger partial charge >= 0.3 is 0 Å². The van der Waals surface area contributed by atoms with Crippen molar-refractivity contribution in [2.45, 2.75) is 13.0 Å². The molecule has 1 unspecified atom stereocenters. The highest BCUT2D eigenvalue weighted by molar-refractivity contribution is 9.09. The number of phenolic OH excluding ortho intramolecular Hbond substituents is 1. The molecule has 2 N–H and O–H groups in total. The lowest BCUT2D eigenvalue weighted by atomic mass is 10.1. The van der Waals surface area contributed by atoms with Crippen LogP contribution in [0.5, 0.6) is 5.75 Å². The Balaban J connectivity index is 2.72. The van der Waals surface area contributed by atoms with E-state index in [-0.39, 0.29) is 17.7 Å². The van der Waals surface area contributed by atoms with E-state index in [9.17, 15) is 9.90 Å². The third-order valence-corrected chi connectivity index (χ3v) is 3.13. The second-order valence-corrected chi connectivity index (χ2v) is 4.43. The summed E-state index contributed by atoms with van der Waals surface area (Å²) in [7, 11) is 1.59. The second kappa shape index (κ2) is 6.61. The summed E-state index contributed by atoms with van der Waals surface area (Å²) in [6.07, 6.45) is 0. The summed E-state index contributed by atoms with van der Waals surface area (Å²) in [5.41, 5.74) is 1.21. The maximum atomic E-state index is 11.9. The molecule has 0 bridgehead atoms. The van der Waals surface area contributed by atoms with Gasteiger partial charge in [-0.1, -0.05) is 15.9 Å². The summed E-state index contributed by atoms with van der Waals surface area (Å²) in [6.45, 7) is 2.21. The quantitative estimate of drug-likeness (QED) is 0.816. The highest BCUT2D eigenvalue weighted by Crippen LogP contribution is 2.16. The van der Waals surface area contributed by atoms with Crippen LogP contribution in [0, 0.1) is 6.92 Å². The second-order valence-electron chi connectivity index (χ2n) is 3.78. The Morgan fingerprint density at radius 1 is 1.59 bits per heavy atom. The number of benzene rings is 1. The zero-order chi connectivity index (χ0) is 12.8. The molecule has 1 rings (SSSR count). The van der Waals surface area contributed by atoms with Crippen molar-refractivity contribution in [1.82, 2.24) is 5.32 Å². The van der Waals surface area contributed by atoms with E-state index >= 15 is 0 Å².